The highest BCUT2D eigenvalue weighted by molar-refractivity contribution is 7.87. The lowest BCUT2D eigenvalue weighted by Crippen LogP contribution is -2.39. The molecular weight excluding hydrogens is 278 g/mol. The number of rotatable bonds is 6. The molecule has 1 aliphatic heterocycles. The van der Waals surface area contributed by atoms with Crippen LogP contribution in [0.4, 0.5) is 0 Å². The van der Waals surface area contributed by atoms with Crippen molar-refractivity contribution in [1.82, 2.24) is 9.62 Å². The summed E-state index contributed by atoms with van der Waals surface area (Å²) in [5.74, 6) is 0.764. The van der Waals surface area contributed by atoms with E-state index >= 15 is 0 Å². The van der Waals surface area contributed by atoms with E-state index in [9.17, 15) is 8.42 Å². The van der Waals surface area contributed by atoms with Crippen molar-refractivity contribution in [1.29, 1.82) is 0 Å². The van der Waals surface area contributed by atoms with Gasteiger partial charge in [-0.2, -0.15) is 8.42 Å². The summed E-state index contributed by atoms with van der Waals surface area (Å²) in [6.07, 6.45) is 2.25. The first-order valence-electron chi connectivity index (χ1n) is 6.65. The molecule has 0 bridgehead atoms. The topological polar surface area (TPSA) is 84.7 Å². The highest BCUT2D eigenvalue weighted by atomic mass is 32.2. The van der Waals surface area contributed by atoms with Gasteiger partial charge < -0.3 is 4.74 Å². The maximum absolute atomic E-state index is 11.2. The van der Waals surface area contributed by atoms with Crippen LogP contribution in [0.2, 0.25) is 0 Å². The Bertz CT molecular complexity index is 542. The summed E-state index contributed by atoms with van der Waals surface area (Å²) in [5.41, 5.74) is 0.980. The van der Waals surface area contributed by atoms with Gasteiger partial charge in [-0.25, -0.2) is 9.86 Å². The summed E-state index contributed by atoms with van der Waals surface area (Å²) >= 11 is 0. The SMILES string of the molecule is COc1ccccc1C(CNS(N)(=O)=O)N1CCCC1. The standard InChI is InChI=1S/C13H21N3O3S/c1-19-13-7-3-2-6-11(13)12(10-15-20(14,17)18)16-8-4-5-9-16/h2-3,6-7,12,15H,4-5,8-10H2,1H3,(H2,14,17,18). The molecule has 0 saturated carbocycles. The molecule has 2 rings (SSSR count). The largest absolute Gasteiger partial charge is 0.496 e. The Balaban J connectivity index is 2.25. The average molecular weight is 299 g/mol. The number of ether oxygens (including phenoxy) is 1. The maximum Gasteiger partial charge on any atom is 0.274 e. The molecule has 1 aromatic carbocycles. The van der Waals surface area contributed by atoms with E-state index in [0.717, 1.165) is 37.2 Å². The van der Waals surface area contributed by atoms with Crippen molar-refractivity contribution < 1.29 is 13.2 Å². The molecule has 3 N–H and O–H groups in total. The van der Waals surface area contributed by atoms with Crippen LogP contribution in [0.15, 0.2) is 24.3 Å². The molecule has 20 heavy (non-hydrogen) atoms. The molecule has 1 unspecified atom stereocenters. The van der Waals surface area contributed by atoms with Crippen LogP contribution in [0.25, 0.3) is 0 Å². The Labute approximate surface area is 120 Å². The minimum Gasteiger partial charge on any atom is -0.496 e. The van der Waals surface area contributed by atoms with E-state index in [4.69, 9.17) is 9.88 Å². The van der Waals surface area contributed by atoms with Gasteiger partial charge in [0.1, 0.15) is 5.75 Å². The average Bonchev–Trinajstić information content (AvgIpc) is 2.92. The van der Waals surface area contributed by atoms with Gasteiger partial charge in [-0.3, -0.25) is 4.90 Å². The number of hydrogen-bond donors (Lipinski definition) is 2. The van der Waals surface area contributed by atoms with E-state index in [1.54, 1.807) is 7.11 Å². The van der Waals surface area contributed by atoms with Crippen molar-refractivity contribution in [2.75, 3.05) is 26.7 Å². The number of nitrogens with one attached hydrogen (secondary N) is 1. The second-order valence-corrected chi connectivity index (χ2v) is 6.27. The fourth-order valence-corrected chi connectivity index (χ4v) is 3.02. The van der Waals surface area contributed by atoms with Gasteiger partial charge >= 0.3 is 0 Å². The molecule has 0 amide bonds. The Hall–Kier alpha value is -1.15. The van der Waals surface area contributed by atoms with Gasteiger partial charge in [-0.15, -0.1) is 0 Å². The zero-order valence-corrected chi connectivity index (χ0v) is 12.4. The number of nitrogens with zero attached hydrogens (tertiary/aromatic N) is 1. The molecule has 0 spiro atoms. The quantitative estimate of drug-likeness (QED) is 0.806. The van der Waals surface area contributed by atoms with Crippen molar-refractivity contribution in [3.63, 3.8) is 0 Å². The Morgan fingerprint density at radius 3 is 2.60 bits per heavy atom. The van der Waals surface area contributed by atoms with Gasteiger partial charge in [-0.05, 0) is 32.0 Å². The second-order valence-electron chi connectivity index (χ2n) is 4.89. The number of benzene rings is 1. The summed E-state index contributed by atoms with van der Waals surface area (Å²) in [6.45, 7) is 2.16. The molecule has 0 aliphatic carbocycles. The van der Waals surface area contributed by atoms with Gasteiger partial charge in [0.25, 0.3) is 10.2 Å². The molecule has 1 atom stereocenters. The minimum absolute atomic E-state index is 0.0630. The number of hydrogen-bond acceptors (Lipinski definition) is 4. The van der Waals surface area contributed by atoms with Crippen LogP contribution in [-0.4, -0.2) is 40.1 Å². The smallest absolute Gasteiger partial charge is 0.274 e. The molecule has 1 aliphatic rings. The van der Waals surface area contributed by atoms with Crippen LogP contribution in [0.5, 0.6) is 5.75 Å². The summed E-state index contributed by atoms with van der Waals surface area (Å²) in [4.78, 5) is 2.26. The summed E-state index contributed by atoms with van der Waals surface area (Å²) in [5, 5.41) is 5.04. The Kier molecular flexibility index (Phi) is 4.98. The number of nitrogens with two attached hydrogens (primary N) is 1. The third-order valence-electron chi connectivity index (χ3n) is 3.56. The highest BCUT2D eigenvalue weighted by Gasteiger charge is 2.26. The highest BCUT2D eigenvalue weighted by Crippen LogP contribution is 2.31. The van der Waals surface area contributed by atoms with E-state index in [-0.39, 0.29) is 12.6 Å². The van der Waals surface area contributed by atoms with Gasteiger partial charge in [0.05, 0.1) is 13.2 Å². The minimum atomic E-state index is -3.69. The third kappa shape index (κ3) is 3.92. The molecule has 7 heteroatoms. The molecule has 1 fully saturated rings. The van der Waals surface area contributed by atoms with E-state index < -0.39 is 10.2 Å². The summed E-state index contributed by atoms with van der Waals surface area (Å²) in [6, 6.07) is 7.61. The summed E-state index contributed by atoms with van der Waals surface area (Å²) in [7, 11) is -2.08. The zero-order chi connectivity index (χ0) is 14.6. The van der Waals surface area contributed by atoms with Gasteiger partial charge in [0, 0.05) is 12.1 Å². The Morgan fingerprint density at radius 1 is 1.35 bits per heavy atom. The van der Waals surface area contributed by atoms with E-state index in [2.05, 4.69) is 9.62 Å². The van der Waals surface area contributed by atoms with Crippen molar-refractivity contribution in [3.8, 4) is 5.75 Å². The first-order valence-corrected chi connectivity index (χ1v) is 8.20. The first-order chi connectivity index (χ1) is 9.51. The van der Waals surface area contributed by atoms with Crippen LogP contribution >= 0.6 is 0 Å². The predicted octanol–water partition coefficient (Wildman–Crippen LogP) is 0.625. The maximum atomic E-state index is 11.2. The first kappa shape index (κ1) is 15.2. The van der Waals surface area contributed by atoms with Crippen molar-refractivity contribution in [3.05, 3.63) is 29.8 Å². The fraction of sp³-hybridized carbons (Fsp3) is 0.538. The van der Waals surface area contributed by atoms with Crippen molar-refractivity contribution >= 4 is 10.2 Å². The molecule has 1 aromatic rings. The lowest BCUT2D eigenvalue weighted by molar-refractivity contribution is 0.240. The normalized spacial score (nSPS) is 18.1. The van der Waals surface area contributed by atoms with Crippen LogP contribution in [0.1, 0.15) is 24.4 Å². The lowest BCUT2D eigenvalue weighted by atomic mass is 10.0. The molecule has 0 radical (unpaired) electrons. The molecule has 1 saturated heterocycles. The zero-order valence-electron chi connectivity index (χ0n) is 11.6. The van der Waals surface area contributed by atoms with Crippen LogP contribution in [0.3, 0.4) is 0 Å². The summed E-state index contributed by atoms with van der Waals surface area (Å²) < 4.78 is 30.1. The van der Waals surface area contributed by atoms with Gasteiger partial charge in [-0.1, -0.05) is 18.2 Å². The number of likely N-dealkylation sites (tertiary alicyclic amines) is 1. The lowest BCUT2D eigenvalue weighted by Gasteiger charge is -2.29. The van der Waals surface area contributed by atoms with E-state index in [1.165, 1.54) is 0 Å². The van der Waals surface area contributed by atoms with Crippen molar-refractivity contribution in [2.45, 2.75) is 18.9 Å². The molecule has 6 nitrogen and oxygen atoms in total. The monoisotopic (exact) mass is 299 g/mol. The molecular formula is C13H21N3O3S. The van der Waals surface area contributed by atoms with Gasteiger partial charge in [0.15, 0.2) is 0 Å². The van der Waals surface area contributed by atoms with Crippen molar-refractivity contribution in [2.24, 2.45) is 5.14 Å². The number of methoxy groups -OCH3 is 1. The van der Waals surface area contributed by atoms with E-state index in [0.29, 0.717) is 0 Å². The molecule has 0 aromatic heterocycles. The Morgan fingerprint density at radius 2 is 2.00 bits per heavy atom. The van der Waals surface area contributed by atoms with Crippen LogP contribution in [-0.2, 0) is 10.2 Å². The second kappa shape index (κ2) is 6.53. The van der Waals surface area contributed by atoms with E-state index in [1.807, 2.05) is 24.3 Å². The molecule has 1 heterocycles. The van der Waals surface area contributed by atoms with Crippen LogP contribution in [0, 0.1) is 0 Å². The predicted molar refractivity (Wildman–Crippen MR) is 77.7 cm³/mol. The molecule has 112 valence electrons. The van der Waals surface area contributed by atoms with Crippen LogP contribution < -0.4 is 14.6 Å². The fourth-order valence-electron chi connectivity index (χ4n) is 2.63. The number of para-hydroxylation sites is 1. The van der Waals surface area contributed by atoms with Gasteiger partial charge in [0.2, 0.25) is 0 Å². The third-order valence-corrected chi connectivity index (χ3v) is 4.13.